The van der Waals surface area contributed by atoms with Crippen LogP contribution in [-0.4, -0.2) is 37.8 Å². The van der Waals surface area contributed by atoms with E-state index >= 15 is 0 Å². The Balaban J connectivity index is 1.28. The average Bonchev–Trinajstić information content (AvgIpc) is 3.60. The van der Waals surface area contributed by atoms with Crippen LogP contribution < -0.4 is 5.32 Å². The average molecular weight is 565 g/mol. The smallest absolute Gasteiger partial charge is 0.326 e. The van der Waals surface area contributed by atoms with Crippen LogP contribution in [0.2, 0.25) is 5.02 Å². The number of fused-ring (bicyclic) bond motifs is 2. The third-order valence-electron chi connectivity index (χ3n) is 7.57. The zero-order valence-electron chi connectivity index (χ0n) is 22.3. The van der Waals surface area contributed by atoms with Crippen LogP contribution in [0.5, 0.6) is 0 Å². The van der Waals surface area contributed by atoms with E-state index in [0.29, 0.717) is 5.02 Å². The standard InChI is InChI=1S/C33H29ClN4O3/c34-26-8-5-9-27(18-26)38-20-24(32(37-38)23-13-12-21-6-1-2-7-22(21)16-23)14-15-31(39)36-30(33(40)41)17-25-19-35-29-11-4-3-10-28(25)29/h3-5,8-16,18-20,30,35H,1-2,6-7,17H2,(H,36,39)(H,40,41)/b15-14+/t30-/m0/s1. The van der Waals surface area contributed by atoms with Crippen molar-refractivity contribution < 1.29 is 14.7 Å². The van der Waals surface area contributed by atoms with E-state index in [1.807, 2.05) is 48.7 Å². The molecule has 2 heterocycles. The highest BCUT2D eigenvalue weighted by atomic mass is 35.5. The van der Waals surface area contributed by atoms with Crippen LogP contribution in [0.3, 0.4) is 0 Å². The lowest BCUT2D eigenvalue weighted by Gasteiger charge is -2.16. The maximum atomic E-state index is 13.0. The Morgan fingerprint density at radius 1 is 1.05 bits per heavy atom. The normalized spacial score (nSPS) is 13.8. The number of aliphatic carboxylic acids is 1. The number of amides is 1. The van der Waals surface area contributed by atoms with Crippen molar-refractivity contribution in [2.75, 3.05) is 0 Å². The fraction of sp³-hybridized carbons (Fsp3) is 0.182. The lowest BCUT2D eigenvalue weighted by Crippen LogP contribution is -2.41. The Morgan fingerprint density at radius 3 is 2.71 bits per heavy atom. The van der Waals surface area contributed by atoms with Gasteiger partial charge in [0.2, 0.25) is 5.91 Å². The van der Waals surface area contributed by atoms with Crippen molar-refractivity contribution in [2.24, 2.45) is 0 Å². The van der Waals surface area contributed by atoms with Crippen molar-refractivity contribution in [2.45, 2.75) is 38.1 Å². The van der Waals surface area contributed by atoms with Gasteiger partial charge in [-0.2, -0.15) is 5.10 Å². The number of carbonyl (C=O) groups excluding carboxylic acids is 1. The number of H-pyrrole nitrogens is 1. The molecule has 8 heteroatoms. The molecule has 0 unspecified atom stereocenters. The van der Waals surface area contributed by atoms with Crippen molar-refractivity contribution >= 4 is 40.5 Å². The van der Waals surface area contributed by atoms with E-state index in [9.17, 15) is 14.7 Å². The van der Waals surface area contributed by atoms with Gasteiger partial charge >= 0.3 is 5.97 Å². The summed E-state index contributed by atoms with van der Waals surface area (Å²) in [5, 5.41) is 18.9. The van der Waals surface area contributed by atoms with E-state index in [1.54, 1.807) is 23.0 Å². The topological polar surface area (TPSA) is 100 Å². The van der Waals surface area contributed by atoms with E-state index < -0.39 is 17.9 Å². The maximum Gasteiger partial charge on any atom is 0.326 e. The van der Waals surface area contributed by atoms with Gasteiger partial charge in [-0.1, -0.05) is 48.0 Å². The Labute approximate surface area is 242 Å². The number of halogens is 1. The van der Waals surface area contributed by atoms with Gasteiger partial charge in [-0.3, -0.25) is 4.79 Å². The summed E-state index contributed by atoms with van der Waals surface area (Å²) in [6, 6.07) is 20.4. The van der Waals surface area contributed by atoms with Crippen LogP contribution in [0.4, 0.5) is 0 Å². The molecule has 0 saturated heterocycles. The highest BCUT2D eigenvalue weighted by molar-refractivity contribution is 6.30. The van der Waals surface area contributed by atoms with Crippen LogP contribution in [0.15, 0.2) is 85.2 Å². The van der Waals surface area contributed by atoms with Crippen LogP contribution >= 0.6 is 11.6 Å². The van der Waals surface area contributed by atoms with Gasteiger partial charge in [-0.15, -0.1) is 0 Å². The number of carbonyl (C=O) groups is 2. The fourth-order valence-corrected chi connectivity index (χ4v) is 5.66. The first-order valence-electron chi connectivity index (χ1n) is 13.7. The van der Waals surface area contributed by atoms with E-state index in [0.717, 1.165) is 51.8 Å². The quantitative estimate of drug-likeness (QED) is 0.190. The molecule has 3 aromatic carbocycles. The molecule has 0 fully saturated rings. The second-order valence-electron chi connectivity index (χ2n) is 10.3. The Bertz CT molecular complexity index is 1780. The second kappa shape index (κ2) is 11.5. The predicted octanol–water partition coefficient (Wildman–Crippen LogP) is 6.38. The summed E-state index contributed by atoms with van der Waals surface area (Å²) in [7, 11) is 0. The molecule has 5 aromatic rings. The number of aromatic nitrogens is 3. The molecule has 7 nitrogen and oxygen atoms in total. The number of hydrogen-bond acceptors (Lipinski definition) is 3. The highest BCUT2D eigenvalue weighted by Crippen LogP contribution is 2.30. The van der Waals surface area contributed by atoms with E-state index in [1.165, 1.54) is 30.0 Å². The van der Waals surface area contributed by atoms with E-state index in [2.05, 4.69) is 28.5 Å². The molecule has 41 heavy (non-hydrogen) atoms. The SMILES string of the molecule is O=C(/C=C/c1cn(-c2cccc(Cl)c2)nc1-c1ccc2c(c1)CCCC2)N[C@@H](Cc1c[nH]c2ccccc12)C(=O)O. The first-order valence-corrected chi connectivity index (χ1v) is 14.1. The summed E-state index contributed by atoms with van der Waals surface area (Å²) in [4.78, 5) is 28.2. The molecule has 0 radical (unpaired) electrons. The van der Waals surface area contributed by atoms with Gasteiger partial charge in [0.1, 0.15) is 6.04 Å². The lowest BCUT2D eigenvalue weighted by molar-refractivity contribution is -0.141. The Hall–Kier alpha value is -4.62. The molecule has 0 bridgehead atoms. The molecule has 0 aliphatic heterocycles. The summed E-state index contributed by atoms with van der Waals surface area (Å²) < 4.78 is 1.75. The predicted molar refractivity (Wildman–Crippen MR) is 161 cm³/mol. The van der Waals surface area contributed by atoms with Crippen molar-refractivity contribution in [3.8, 4) is 16.9 Å². The van der Waals surface area contributed by atoms with Crippen LogP contribution in [0.1, 0.15) is 35.1 Å². The van der Waals surface area contributed by atoms with Gasteiger partial charge in [-0.25, -0.2) is 9.48 Å². The van der Waals surface area contributed by atoms with Crippen molar-refractivity contribution in [3.05, 3.63) is 112 Å². The van der Waals surface area contributed by atoms with Crippen LogP contribution in [0.25, 0.3) is 33.9 Å². The first kappa shape index (κ1) is 26.6. The number of para-hydroxylation sites is 1. The number of aromatic amines is 1. The van der Waals surface area contributed by atoms with Gasteiger partial charge in [0, 0.05) is 51.9 Å². The molecule has 3 N–H and O–H groups in total. The molecule has 2 aromatic heterocycles. The Morgan fingerprint density at radius 2 is 1.88 bits per heavy atom. The van der Waals surface area contributed by atoms with E-state index in [4.69, 9.17) is 16.7 Å². The van der Waals surface area contributed by atoms with E-state index in [-0.39, 0.29) is 6.42 Å². The highest BCUT2D eigenvalue weighted by Gasteiger charge is 2.21. The van der Waals surface area contributed by atoms with Crippen LogP contribution in [0, 0.1) is 0 Å². The number of carboxylic acids is 1. The van der Waals surface area contributed by atoms with Crippen molar-refractivity contribution in [1.29, 1.82) is 0 Å². The summed E-state index contributed by atoms with van der Waals surface area (Å²) in [5.74, 6) is -1.59. The summed E-state index contributed by atoms with van der Waals surface area (Å²) in [6.45, 7) is 0. The molecule has 6 rings (SSSR count). The summed E-state index contributed by atoms with van der Waals surface area (Å²) in [6.07, 6.45) is 11.4. The lowest BCUT2D eigenvalue weighted by atomic mass is 9.89. The molecule has 0 spiro atoms. The largest absolute Gasteiger partial charge is 0.480 e. The molecular formula is C33H29ClN4O3. The third-order valence-corrected chi connectivity index (χ3v) is 7.80. The maximum absolute atomic E-state index is 13.0. The number of nitrogens with one attached hydrogen (secondary N) is 2. The molecule has 1 aliphatic rings. The number of aryl methyl sites for hydroxylation is 2. The molecule has 1 aliphatic carbocycles. The second-order valence-corrected chi connectivity index (χ2v) is 10.8. The summed E-state index contributed by atoms with van der Waals surface area (Å²) in [5.41, 5.74) is 7.69. The third kappa shape index (κ3) is 5.81. The van der Waals surface area contributed by atoms with Gasteiger partial charge in [-0.05, 0) is 78.8 Å². The number of nitrogens with zero attached hydrogens (tertiary/aromatic N) is 2. The molecule has 0 saturated carbocycles. The minimum atomic E-state index is -1.10. The number of hydrogen-bond donors (Lipinski definition) is 3. The van der Waals surface area contributed by atoms with Gasteiger partial charge in [0.05, 0.1) is 11.4 Å². The van der Waals surface area contributed by atoms with Crippen molar-refractivity contribution in [1.82, 2.24) is 20.1 Å². The number of rotatable bonds is 8. The summed E-state index contributed by atoms with van der Waals surface area (Å²) >= 11 is 6.24. The molecular weight excluding hydrogens is 536 g/mol. The molecule has 206 valence electrons. The minimum absolute atomic E-state index is 0.159. The monoisotopic (exact) mass is 564 g/mol. The van der Waals surface area contributed by atoms with Crippen molar-refractivity contribution in [3.63, 3.8) is 0 Å². The zero-order chi connectivity index (χ0) is 28.3. The first-order chi connectivity index (χ1) is 19.9. The fourth-order valence-electron chi connectivity index (χ4n) is 5.47. The van der Waals surface area contributed by atoms with Crippen LogP contribution in [-0.2, 0) is 28.9 Å². The van der Waals surface area contributed by atoms with Gasteiger partial charge < -0.3 is 15.4 Å². The van der Waals surface area contributed by atoms with Gasteiger partial charge in [0.25, 0.3) is 0 Å². The zero-order valence-corrected chi connectivity index (χ0v) is 23.1. The minimum Gasteiger partial charge on any atom is -0.480 e. The molecule has 1 amide bonds. The number of benzene rings is 3. The molecule has 1 atom stereocenters. The number of carboxylic acid groups (broad SMARTS) is 1. The van der Waals surface area contributed by atoms with Gasteiger partial charge in [0.15, 0.2) is 0 Å². The Kier molecular flexibility index (Phi) is 7.44.